The monoisotopic (exact) mass is 304 g/mol. The third-order valence-electron chi connectivity index (χ3n) is 5.06. The van der Waals surface area contributed by atoms with Gasteiger partial charge in [-0.1, -0.05) is 67.9 Å². The van der Waals surface area contributed by atoms with Crippen molar-refractivity contribution in [2.24, 2.45) is 17.8 Å². The molecule has 0 heterocycles. The van der Waals surface area contributed by atoms with Crippen LogP contribution in [0.2, 0.25) is 0 Å². The Morgan fingerprint density at radius 2 is 1.55 bits per heavy atom. The molecule has 22 heavy (non-hydrogen) atoms. The van der Waals surface area contributed by atoms with Gasteiger partial charge in [0.15, 0.2) is 0 Å². The standard InChI is InChI=1S/C21H36O/c1-10-16(13(2)3)20(14(4)5)17-12-18(21(7,8)9)19(22)11-15(17)6/h11-14,16,20,22H,10H2,1-9H3. The van der Waals surface area contributed by atoms with E-state index >= 15 is 0 Å². The number of benzene rings is 1. The second-order valence-electron chi connectivity index (χ2n) is 8.56. The van der Waals surface area contributed by atoms with Gasteiger partial charge in [-0.15, -0.1) is 0 Å². The number of aromatic hydroxyl groups is 1. The highest BCUT2D eigenvalue weighted by Gasteiger charge is 2.30. The van der Waals surface area contributed by atoms with Crippen LogP contribution in [0, 0.1) is 24.7 Å². The van der Waals surface area contributed by atoms with E-state index in [4.69, 9.17) is 0 Å². The summed E-state index contributed by atoms with van der Waals surface area (Å²) in [6, 6.07) is 4.25. The average Bonchev–Trinajstić information content (AvgIpc) is 2.34. The number of phenolic OH excluding ortho intramolecular Hbond substituents is 1. The molecule has 1 heteroatoms. The first-order valence-corrected chi connectivity index (χ1v) is 8.84. The largest absolute Gasteiger partial charge is 0.508 e. The van der Waals surface area contributed by atoms with Gasteiger partial charge < -0.3 is 5.11 Å². The Morgan fingerprint density at radius 1 is 1.00 bits per heavy atom. The molecule has 0 spiro atoms. The van der Waals surface area contributed by atoms with Crippen LogP contribution in [0.25, 0.3) is 0 Å². The molecule has 0 aromatic heterocycles. The van der Waals surface area contributed by atoms with Crippen LogP contribution in [0.15, 0.2) is 12.1 Å². The lowest BCUT2D eigenvalue weighted by atomic mass is 9.70. The Balaban J connectivity index is 3.49. The van der Waals surface area contributed by atoms with Crippen molar-refractivity contribution < 1.29 is 5.11 Å². The topological polar surface area (TPSA) is 20.2 Å². The Morgan fingerprint density at radius 3 is 1.91 bits per heavy atom. The maximum absolute atomic E-state index is 10.4. The third kappa shape index (κ3) is 4.06. The molecule has 0 radical (unpaired) electrons. The Labute approximate surface area is 138 Å². The molecule has 0 aliphatic heterocycles. The van der Waals surface area contributed by atoms with Gasteiger partial charge in [0.05, 0.1) is 0 Å². The van der Waals surface area contributed by atoms with E-state index in [2.05, 4.69) is 68.4 Å². The van der Waals surface area contributed by atoms with E-state index in [1.807, 2.05) is 6.07 Å². The van der Waals surface area contributed by atoms with Crippen LogP contribution in [-0.2, 0) is 5.41 Å². The summed E-state index contributed by atoms with van der Waals surface area (Å²) in [6.07, 6.45) is 1.20. The smallest absolute Gasteiger partial charge is 0.119 e. The lowest BCUT2D eigenvalue weighted by Gasteiger charge is -2.35. The molecule has 0 aliphatic rings. The number of rotatable bonds is 5. The minimum atomic E-state index is -0.0341. The van der Waals surface area contributed by atoms with Crippen molar-refractivity contribution in [2.75, 3.05) is 0 Å². The zero-order chi connectivity index (χ0) is 17.2. The van der Waals surface area contributed by atoms with Gasteiger partial charge in [0.2, 0.25) is 0 Å². The third-order valence-corrected chi connectivity index (χ3v) is 5.06. The van der Waals surface area contributed by atoms with Crippen LogP contribution >= 0.6 is 0 Å². The summed E-state index contributed by atoms with van der Waals surface area (Å²) in [6.45, 7) is 20.3. The van der Waals surface area contributed by atoms with E-state index in [1.54, 1.807) is 0 Å². The molecule has 1 aromatic rings. The fraction of sp³-hybridized carbons (Fsp3) is 0.714. The van der Waals surface area contributed by atoms with Gasteiger partial charge in [-0.05, 0) is 58.8 Å². The van der Waals surface area contributed by atoms with Gasteiger partial charge in [-0.25, -0.2) is 0 Å². The lowest BCUT2D eigenvalue weighted by Crippen LogP contribution is -2.24. The van der Waals surface area contributed by atoms with E-state index in [0.717, 1.165) is 5.56 Å². The highest BCUT2D eigenvalue weighted by Crippen LogP contribution is 2.43. The maximum Gasteiger partial charge on any atom is 0.119 e. The summed E-state index contributed by atoms with van der Waals surface area (Å²) >= 11 is 0. The van der Waals surface area contributed by atoms with Crippen molar-refractivity contribution in [3.63, 3.8) is 0 Å². The van der Waals surface area contributed by atoms with E-state index in [-0.39, 0.29) is 5.41 Å². The fourth-order valence-electron chi connectivity index (χ4n) is 3.89. The van der Waals surface area contributed by atoms with Crippen LogP contribution < -0.4 is 0 Å². The van der Waals surface area contributed by atoms with Gasteiger partial charge in [0.25, 0.3) is 0 Å². The van der Waals surface area contributed by atoms with Crippen LogP contribution in [0.4, 0.5) is 0 Å². The van der Waals surface area contributed by atoms with Crippen LogP contribution in [0.1, 0.15) is 84.4 Å². The summed E-state index contributed by atoms with van der Waals surface area (Å²) in [5.41, 5.74) is 3.69. The van der Waals surface area contributed by atoms with Gasteiger partial charge >= 0.3 is 0 Å². The van der Waals surface area contributed by atoms with Crippen molar-refractivity contribution in [3.05, 3.63) is 28.8 Å². The zero-order valence-electron chi connectivity index (χ0n) is 16.1. The summed E-state index contributed by atoms with van der Waals surface area (Å²) in [4.78, 5) is 0. The normalized spacial score (nSPS) is 15.4. The van der Waals surface area contributed by atoms with Gasteiger partial charge in [0.1, 0.15) is 5.75 Å². The predicted octanol–water partition coefficient (Wildman–Crippen LogP) is 6.42. The summed E-state index contributed by atoms with van der Waals surface area (Å²) in [5, 5.41) is 10.4. The Hall–Kier alpha value is -0.980. The van der Waals surface area contributed by atoms with Crippen LogP contribution in [-0.4, -0.2) is 5.11 Å². The molecule has 1 aromatic carbocycles. The van der Waals surface area contributed by atoms with Crippen molar-refractivity contribution in [1.82, 2.24) is 0 Å². The van der Waals surface area contributed by atoms with Gasteiger partial charge in [-0.3, -0.25) is 0 Å². The van der Waals surface area contributed by atoms with Crippen molar-refractivity contribution >= 4 is 0 Å². The lowest BCUT2D eigenvalue weighted by molar-refractivity contribution is 0.257. The van der Waals surface area contributed by atoms with E-state index in [1.165, 1.54) is 17.5 Å². The second-order valence-corrected chi connectivity index (χ2v) is 8.56. The number of hydrogen-bond acceptors (Lipinski definition) is 1. The molecular formula is C21H36O. The highest BCUT2D eigenvalue weighted by molar-refractivity contribution is 5.46. The van der Waals surface area contributed by atoms with Crippen molar-refractivity contribution in [1.29, 1.82) is 0 Å². The minimum Gasteiger partial charge on any atom is -0.508 e. The van der Waals surface area contributed by atoms with E-state index in [0.29, 0.717) is 29.4 Å². The molecule has 1 rings (SSSR count). The SMILES string of the molecule is CCC(C(C)C)C(c1cc(C(C)(C)C)c(O)cc1C)C(C)C. The molecule has 1 N–H and O–H groups in total. The van der Waals surface area contributed by atoms with Crippen LogP contribution in [0.5, 0.6) is 5.75 Å². The fourth-order valence-corrected chi connectivity index (χ4v) is 3.89. The number of aryl methyl sites for hydroxylation is 1. The summed E-state index contributed by atoms with van der Waals surface area (Å²) < 4.78 is 0. The molecule has 0 amide bonds. The first-order chi connectivity index (χ1) is 10.0. The quantitative estimate of drug-likeness (QED) is 0.665. The van der Waals surface area contributed by atoms with Crippen molar-refractivity contribution in [3.8, 4) is 5.75 Å². The minimum absolute atomic E-state index is 0.0341. The van der Waals surface area contributed by atoms with Gasteiger partial charge in [-0.2, -0.15) is 0 Å². The Kier molecular flexibility index (Phi) is 6.12. The summed E-state index contributed by atoms with van der Waals surface area (Å²) in [7, 11) is 0. The molecule has 126 valence electrons. The highest BCUT2D eigenvalue weighted by atomic mass is 16.3. The molecule has 2 unspecified atom stereocenters. The Bertz CT molecular complexity index is 491. The maximum atomic E-state index is 10.4. The zero-order valence-corrected chi connectivity index (χ0v) is 16.1. The number of phenols is 1. The summed E-state index contributed by atoms with van der Waals surface area (Å²) in [5.74, 6) is 2.93. The first-order valence-electron chi connectivity index (χ1n) is 8.84. The average molecular weight is 305 g/mol. The van der Waals surface area contributed by atoms with Gasteiger partial charge in [0, 0.05) is 0 Å². The molecule has 0 fully saturated rings. The predicted molar refractivity (Wildman–Crippen MR) is 97.7 cm³/mol. The second kappa shape index (κ2) is 7.06. The number of hydrogen-bond donors (Lipinski definition) is 1. The van der Waals surface area contributed by atoms with E-state index in [9.17, 15) is 5.11 Å². The molecule has 0 saturated heterocycles. The molecule has 0 saturated carbocycles. The first kappa shape index (κ1) is 19.1. The molecule has 2 atom stereocenters. The van der Waals surface area contributed by atoms with Crippen LogP contribution in [0.3, 0.4) is 0 Å². The molecular weight excluding hydrogens is 268 g/mol. The van der Waals surface area contributed by atoms with Crippen molar-refractivity contribution in [2.45, 2.75) is 80.1 Å². The molecule has 0 aliphatic carbocycles. The molecule has 1 nitrogen and oxygen atoms in total. The van der Waals surface area contributed by atoms with E-state index < -0.39 is 0 Å². The molecule has 0 bridgehead atoms.